The SMILES string of the molecule is CCN(CC)C(=O)N1CCN(C(=O)CCc2ccc(OC)cc2)CC1. The molecule has 1 aromatic carbocycles. The van der Waals surface area contributed by atoms with Crippen molar-refractivity contribution in [1.82, 2.24) is 14.7 Å². The lowest BCUT2D eigenvalue weighted by molar-refractivity contribution is -0.132. The number of rotatable bonds is 6. The van der Waals surface area contributed by atoms with Gasteiger partial charge in [0.1, 0.15) is 5.75 Å². The summed E-state index contributed by atoms with van der Waals surface area (Å²) in [6.07, 6.45) is 1.22. The molecule has 0 radical (unpaired) electrons. The van der Waals surface area contributed by atoms with E-state index in [9.17, 15) is 9.59 Å². The van der Waals surface area contributed by atoms with E-state index in [0.29, 0.717) is 32.6 Å². The maximum absolute atomic E-state index is 12.4. The quantitative estimate of drug-likeness (QED) is 0.793. The van der Waals surface area contributed by atoms with Gasteiger partial charge < -0.3 is 19.4 Å². The Morgan fingerprint density at radius 3 is 2.08 bits per heavy atom. The van der Waals surface area contributed by atoms with Gasteiger partial charge in [0.15, 0.2) is 0 Å². The summed E-state index contributed by atoms with van der Waals surface area (Å²) in [5.41, 5.74) is 1.13. The standard InChI is InChI=1S/C19H29N3O3/c1-4-20(5-2)19(24)22-14-12-21(13-15-22)18(23)11-8-16-6-9-17(25-3)10-7-16/h6-7,9-10H,4-5,8,11-15H2,1-3H3. The summed E-state index contributed by atoms with van der Waals surface area (Å²) in [4.78, 5) is 30.3. The second kappa shape index (κ2) is 9.30. The molecule has 0 spiro atoms. The van der Waals surface area contributed by atoms with Crippen molar-refractivity contribution in [3.05, 3.63) is 29.8 Å². The van der Waals surface area contributed by atoms with Crippen LogP contribution in [0.4, 0.5) is 4.79 Å². The van der Waals surface area contributed by atoms with Crippen LogP contribution in [0.2, 0.25) is 0 Å². The summed E-state index contributed by atoms with van der Waals surface area (Å²) in [6, 6.07) is 7.89. The molecule has 1 fully saturated rings. The highest BCUT2D eigenvalue weighted by molar-refractivity contribution is 5.78. The molecule has 0 unspecified atom stereocenters. The van der Waals surface area contributed by atoms with Crippen LogP contribution >= 0.6 is 0 Å². The molecule has 0 bridgehead atoms. The molecule has 1 saturated heterocycles. The van der Waals surface area contributed by atoms with E-state index in [1.807, 2.05) is 52.8 Å². The van der Waals surface area contributed by atoms with E-state index in [2.05, 4.69) is 0 Å². The summed E-state index contributed by atoms with van der Waals surface area (Å²) >= 11 is 0. The molecular weight excluding hydrogens is 318 g/mol. The molecule has 6 nitrogen and oxygen atoms in total. The van der Waals surface area contributed by atoms with Gasteiger partial charge in [0.2, 0.25) is 5.91 Å². The number of piperazine rings is 1. The summed E-state index contributed by atoms with van der Waals surface area (Å²) in [5, 5.41) is 0. The maximum Gasteiger partial charge on any atom is 0.320 e. The van der Waals surface area contributed by atoms with E-state index in [4.69, 9.17) is 4.74 Å². The fourth-order valence-corrected chi connectivity index (χ4v) is 3.04. The van der Waals surface area contributed by atoms with E-state index in [-0.39, 0.29) is 11.9 Å². The van der Waals surface area contributed by atoms with Crippen LogP contribution in [0.3, 0.4) is 0 Å². The molecule has 1 aliphatic heterocycles. The van der Waals surface area contributed by atoms with Crippen molar-refractivity contribution < 1.29 is 14.3 Å². The van der Waals surface area contributed by atoms with Gasteiger partial charge in [-0.3, -0.25) is 4.79 Å². The van der Waals surface area contributed by atoms with Gasteiger partial charge in [-0.05, 0) is 38.0 Å². The molecular formula is C19H29N3O3. The Morgan fingerprint density at radius 2 is 1.56 bits per heavy atom. The minimum absolute atomic E-state index is 0.0790. The van der Waals surface area contributed by atoms with Gasteiger partial charge in [-0.15, -0.1) is 0 Å². The van der Waals surface area contributed by atoms with Crippen LogP contribution in [0.15, 0.2) is 24.3 Å². The van der Waals surface area contributed by atoms with Gasteiger partial charge >= 0.3 is 6.03 Å². The number of methoxy groups -OCH3 is 1. The third-order valence-corrected chi connectivity index (χ3v) is 4.72. The summed E-state index contributed by atoms with van der Waals surface area (Å²) in [6.45, 7) is 7.88. The molecule has 6 heteroatoms. The van der Waals surface area contributed by atoms with Gasteiger partial charge in [0, 0.05) is 45.7 Å². The molecule has 0 aromatic heterocycles. The first-order valence-corrected chi connectivity index (χ1v) is 9.03. The van der Waals surface area contributed by atoms with Crippen LogP contribution in [0, 0.1) is 0 Å². The number of aryl methyl sites for hydroxylation is 1. The molecule has 25 heavy (non-hydrogen) atoms. The Balaban J connectivity index is 1.77. The molecule has 1 aliphatic rings. The van der Waals surface area contributed by atoms with Crippen molar-refractivity contribution in [2.75, 3.05) is 46.4 Å². The Kier molecular flexibility index (Phi) is 7.10. The first kappa shape index (κ1) is 19.1. The zero-order valence-electron chi connectivity index (χ0n) is 15.5. The van der Waals surface area contributed by atoms with Crippen molar-refractivity contribution in [2.45, 2.75) is 26.7 Å². The topological polar surface area (TPSA) is 53.1 Å². The molecule has 138 valence electrons. The molecule has 0 atom stereocenters. The third kappa shape index (κ3) is 5.11. The molecule has 0 N–H and O–H groups in total. The van der Waals surface area contributed by atoms with Crippen molar-refractivity contribution in [2.24, 2.45) is 0 Å². The van der Waals surface area contributed by atoms with Crippen LogP contribution in [0.1, 0.15) is 25.8 Å². The number of amides is 3. The summed E-state index contributed by atoms with van der Waals surface area (Å²) in [7, 11) is 1.64. The number of carbonyl (C=O) groups excluding carboxylic acids is 2. The van der Waals surface area contributed by atoms with Crippen LogP contribution in [0.5, 0.6) is 5.75 Å². The highest BCUT2D eigenvalue weighted by Gasteiger charge is 2.25. The maximum atomic E-state index is 12.4. The highest BCUT2D eigenvalue weighted by Crippen LogP contribution is 2.14. The minimum atomic E-state index is 0.0790. The number of benzene rings is 1. The lowest BCUT2D eigenvalue weighted by atomic mass is 10.1. The lowest BCUT2D eigenvalue weighted by Gasteiger charge is -2.37. The first-order chi connectivity index (χ1) is 12.1. The molecule has 0 saturated carbocycles. The lowest BCUT2D eigenvalue weighted by Crippen LogP contribution is -2.54. The molecule has 2 rings (SSSR count). The number of ether oxygens (including phenoxy) is 1. The summed E-state index contributed by atoms with van der Waals surface area (Å²) in [5.74, 6) is 0.981. The number of carbonyl (C=O) groups is 2. The van der Waals surface area contributed by atoms with E-state index < -0.39 is 0 Å². The third-order valence-electron chi connectivity index (χ3n) is 4.72. The van der Waals surface area contributed by atoms with Crippen molar-refractivity contribution in [3.63, 3.8) is 0 Å². The van der Waals surface area contributed by atoms with Gasteiger partial charge in [0.25, 0.3) is 0 Å². The van der Waals surface area contributed by atoms with E-state index in [0.717, 1.165) is 30.8 Å². The number of hydrogen-bond donors (Lipinski definition) is 0. The van der Waals surface area contributed by atoms with Gasteiger partial charge in [-0.25, -0.2) is 4.79 Å². The molecule has 3 amide bonds. The molecule has 1 heterocycles. The second-order valence-electron chi connectivity index (χ2n) is 6.17. The highest BCUT2D eigenvalue weighted by atomic mass is 16.5. The predicted octanol–water partition coefficient (Wildman–Crippen LogP) is 2.23. The number of urea groups is 1. The van der Waals surface area contributed by atoms with E-state index >= 15 is 0 Å². The Morgan fingerprint density at radius 1 is 1.00 bits per heavy atom. The monoisotopic (exact) mass is 347 g/mol. The normalized spacial score (nSPS) is 14.4. The minimum Gasteiger partial charge on any atom is -0.497 e. The average molecular weight is 347 g/mol. The Hall–Kier alpha value is -2.24. The van der Waals surface area contributed by atoms with E-state index in [1.54, 1.807) is 7.11 Å². The second-order valence-corrected chi connectivity index (χ2v) is 6.17. The Labute approximate surface area is 150 Å². The largest absolute Gasteiger partial charge is 0.497 e. The average Bonchev–Trinajstić information content (AvgIpc) is 2.67. The number of hydrogen-bond acceptors (Lipinski definition) is 3. The first-order valence-electron chi connectivity index (χ1n) is 9.03. The van der Waals surface area contributed by atoms with Gasteiger partial charge in [-0.2, -0.15) is 0 Å². The van der Waals surface area contributed by atoms with Crippen molar-refractivity contribution in [3.8, 4) is 5.75 Å². The van der Waals surface area contributed by atoms with Crippen molar-refractivity contribution in [1.29, 1.82) is 0 Å². The summed E-state index contributed by atoms with van der Waals surface area (Å²) < 4.78 is 5.14. The smallest absolute Gasteiger partial charge is 0.320 e. The fraction of sp³-hybridized carbons (Fsp3) is 0.579. The zero-order chi connectivity index (χ0) is 18.2. The van der Waals surface area contributed by atoms with Crippen LogP contribution in [-0.4, -0.2) is 73.0 Å². The molecule has 1 aromatic rings. The van der Waals surface area contributed by atoms with Crippen LogP contribution in [0.25, 0.3) is 0 Å². The fourth-order valence-electron chi connectivity index (χ4n) is 3.04. The van der Waals surface area contributed by atoms with Gasteiger partial charge in [0.05, 0.1) is 7.11 Å². The van der Waals surface area contributed by atoms with Crippen molar-refractivity contribution >= 4 is 11.9 Å². The Bertz CT molecular complexity index is 562. The van der Waals surface area contributed by atoms with E-state index in [1.165, 1.54) is 0 Å². The van der Waals surface area contributed by atoms with Crippen LogP contribution in [-0.2, 0) is 11.2 Å². The molecule has 0 aliphatic carbocycles. The number of nitrogens with zero attached hydrogens (tertiary/aromatic N) is 3. The zero-order valence-corrected chi connectivity index (χ0v) is 15.5. The predicted molar refractivity (Wildman–Crippen MR) is 97.8 cm³/mol. The van der Waals surface area contributed by atoms with Crippen LogP contribution < -0.4 is 4.74 Å². The van der Waals surface area contributed by atoms with Gasteiger partial charge in [-0.1, -0.05) is 12.1 Å².